The van der Waals surface area contributed by atoms with Crippen molar-refractivity contribution >= 4 is 49.6 Å². The minimum Gasteiger partial charge on any atom is -0.313 e. The van der Waals surface area contributed by atoms with Crippen molar-refractivity contribution in [3.05, 3.63) is 106 Å². The molecular formula is C30H25N3O2S2. The summed E-state index contributed by atoms with van der Waals surface area (Å²) >= 11 is 3.32. The summed E-state index contributed by atoms with van der Waals surface area (Å²) in [6, 6.07) is 25.5. The fraction of sp³-hybridized carbons (Fsp3) is 0.167. The Balaban J connectivity index is 1.35. The number of carbonyl (C=O) groups excluding carboxylic acids is 2. The Morgan fingerprint density at radius 2 is 1.65 bits per heavy atom. The van der Waals surface area contributed by atoms with E-state index in [2.05, 4.69) is 40.5 Å². The molecule has 0 saturated carbocycles. The highest BCUT2D eigenvalue weighted by Gasteiger charge is 2.28. The molecule has 1 aliphatic heterocycles. The lowest BCUT2D eigenvalue weighted by Crippen LogP contribution is -2.29. The van der Waals surface area contributed by atoms with E-state index in [0.717, 1.165) is 51.8 Å². The van der Waals surface area contributed by atoms with Gasteiger partial charge in [-0.05, 0) is 48.7 Å². The second-order valence-corrected chi connectivity index (χ2v) is 11.4. The highest BCUT2D eigenvalue weighted by atomic mass is 32.1. The summed E-state index contributed by atoms with van der Waals surface area (Å²) in [4.78, 5) is 33.6. The molecule has 184 valence electrons. The molecule has 1 N–H and O–H groups in total. The molecule has 1 amide bonds. The number of para-hydroxylation sites is 1. The zero-order chi connectivity index (χ0) is 25.4. The highest BCUT2D eigenvalue weighted by molar-refractivity contribution is 7.23. The number of nitrogens with one attached hydrogen (secondary N) is 1. The average Bonchev–Trinajstić information content (AvgIpc) is 3.49. The predicted octanol–water partition coefficient (Wildman–Crippen LogP) is 7.04. The van der Waals surface area contributed by atoms with Gasteiger partial charge >= 0.3 is 0 Å². The van der Waals surface area contributed by atoms with Crippen LogP contribution < -0.4 is 5.32 Å². The summed E-state index contributed by atoms with van der Waals surface area (Å²) in [6.07, 6.45) is 0.910. The van der Waals surface area contributed by atoms with Crippen LogP contribution in [0.2, 0.25) is 0 Å². The quantitative estimate of drug-likeness (QED) is 0.243. The van der Waals surface area contributed by atoms with Crippen LogP contribution in [0.1, 0.15) is 43.6 Å². The van der Waals surface area contributed by atoms with Gasteiger partial charge in [0.25, 0.3) is 5.91 Å². The summed E-state index contributed by atoms with van der Waals surface area (Å²) in [6.45, 7) is 4.22. The maximum atomic E-state index is 13.3. The molecule has 5 aromatic rings. The summed E-state index contributed by atoms with van der Waals surface area (Å²) < 4.78 is 1.14. The van der Waals surface area contributed by atoms with Gasteiger partial charge in [0.05, 0.1) is 10.2 Å². The van der Waals surface area contributed by atoms with Gasteiger partial charge < -0.3 is 5.32 Å². The van der Waals surface area contributed by atoms with E-state index >= 15 is 0 Å². The molecule has 5 nitrogen and oxygen atoms in total. The van der Waals surface area contributed by atoms with Gasteiger partial charge in [0.2, 0.25) is 0 Å². The summed E-state index contributed by atoms with van der Waals surface area (Å²) in [5, 5.41) is 4.96. The molecule has 2 aromatic heterocycles. The summed E-state index contributed by atoms with van der Waals surface area (Å²) in [7, 11) is 0. The van der Waals surface area contributed by atoms with Crippen LogP contribution in [-0.2, 0) is 19.5 Å². The van der Waals surface area contributed by atoms with Gasteiger partial charge in [0, 0.05) is 41.2 Å². The minimum atomic E-state index is -0.183. The van der Waals surface area contributed by atoms with Crippen molar-refractivity contribution in [2.75, 3.05) is 11.9 Å². The number of aromatic nitrogens is 1. The van der Waals surface area contributed by atoms with Crippen molar-refractivity contribution in [1.82, 2.24) is 9.88 Å². The maximum absolute atomic E-state index is 13.3. The lowest BCUT2D eigenvalue weighted by atomic mass is 10.0. The van der Waals surface area contributed by atoms with Gasteiger partial charge in [-0.3, -0.25) is 14.5 Å². The molecule has 37 heavy (non-hydrogen) atoms. The Labute approximate surface area is 223 Å². The van der Waals surface area contributed by atoms with Gasteiger partial charge in [-0.15, -0.1) is 22.7 Å². The molecule has 7 heteroatoms. The Bertz CT molecular complexity index is 1570. The minimum absolute atomic E-state index is 0.0175. The largest absolute Gasteiger partial charge is 0.313 e. The number of nitrogens with zero attached hydrogens (tertiary/aromatic N) is 2. The molecule has 0 atom stereocenters. The van der Waals surface area contributed by atoms with E-state index in [1.54, 1.807) is 46.9 Å². The molecule has 0 aliphatic carbocycles. The Hall–Kier alpha value is -3.65. The topological polar surface area (TPSA) is 62.3 Å². The normalized spacial score (nSPS) is 13.4. The van der Waals surface area contributed by atoms with Gasteiger partial charge in [-0.2, -0.15) is 0 Å². The van der Waals surface area contributed by atoms with Crippen LogP contribution in [0.15, 0.2) is 78.9 Å². The number of thiophene rings is 1. The zero-order valence-electron chi connectivity index (χ0n) is 20.4. The summed E-state index contributed by atoms with van der Waals surface area (Å²) in [5.74, 6) is -0.201. The molecule has 3 heterocycles. The van der Waals surface area contributed by atoms with E-state index in [1.165, 1.54) is 22.9 Å². The van der Waals surface area contributed by atoms with E-state index in [0.29, 0.717) is 11.1 Å². The molecule has 0 fully saturated rings. The molecule has 0 bridgehead atoms. The van der Waals surface area contributed by atoms with E-state index in [9.17, 15) is 9.59 Å². The third-order valence-corrected chi connectivity index (χ3v) is 8.86. The third kappa shape index (κ3) is 4.85. The number of thiazole rings is 1. The number of amides is 1. The van der Waals surface area contributed by atoms with Crippen LogP contribution in [0.25, 0.3) is 20.8 Å². The number of hydrogen-bond acceptors (Lipinski definition) is 6. The monoisotopic (exact) mass is 523 g/mol. The van der Waals surface area contributed by atoms with Crippen molar-refractivity contribution < 1.29 is 9.59 Å². The maximum Gasteiger partial charge on any atom is 0.256 e. The molecule has 6 rings (SSSR count). The number of ketones is 1. The Morgan fingerprint density at radius 1 is 0.919 bits per heavy atom. The Morgan fingerprint density at radius 3 is 2.41 bits per heavy atom. The first kappa shape index (κ1) is 23.7. The van der Waals surface area contributed by atoms with Crippen LogP contribution in [0.4, 0.5) is 5.00 Å². The first-order chi connectivity index (χ1) is 18.0. The van der Waals surface area contributed by atoms with Crippen LogP contribution in [0, 0.1) is 0 Å². The molecule has 0 unspecified atom stereocenters. The lowest BCUT2D eigenvalue weighted by Gasteiger charge is -2.27. The van der Waals surface area contributed by atoms with Crippen LogP contribution in [-0.4, -0.2) is 28.1 Å². The van der Waals surface area contributed by atoms with Crippen molar-refractivity contribution in [2.45, 2.75) is 26.4 Å². The van der Waals surface area contributed by atoms with E-state index < -0.39 is 0 Å². The molecule has 3 aromatic carbocycles. The zero-order valence-corrected chi connectivity index (χ0v) is 22.0. The Kier molecular flexibility index (Phi) is 6.42. The lowest BCUT2D eigenvalue weighted by molar-refractivity contribution is 0.101. The van der Waals surface area contributed by atoms with Crippen LogP contribution in [0.3, 0.4) is 0 Å². The van der Waals surface area contributed by atoms with Crippen molar-refractivity contribution in [1.29, 1.82) is 0 Å². The average molecular weight is 524 g/mol. The molecule has 0 spiro atoms. The van der Waals surface area contributed by atoms with Gasteiger partial charge in [0.15, 0.2) is 5.78 Å². The molecular weight excluding hydrogens is 498 g/mol. The number of hydrogen-bond donors (Lipinski definition) is 1. The second-order valence-electron chi connectivity index (χ2n) is 9.23. The van der Waals surface area contributed by atoms with Gasteiger partial charge in [-0.25, -0.2) is 4.98 Å². The predicted molar refractivity (Wildman–Crippen MR) is 152 cm³/mol. The number of anilines is 1. The number of carbonyl (C=O) groups is 2. The van der Waals surface area contributed by atoms with E-state index in [-0.39, 0.29) is 11.7 Å². The summed E-state index contributed by atoms with van der Waals surface area (Å²) in [5.41, 5.74) is 5.73. The molecule has 0 radical (unpaired) electrons. The second kappa shape index (κ2) is 10.0. The fourth-order valence-corrected chi connectivity index (χ4v) is 7.15. The van der Waals surface area contributed by atoms with Gasteiger partial charge in [-0.1, -0.05) is 54.6 Å². The number of Topliss-reactive ketones (excluding diaryl/α,β-unsaturated/α-hetero) is 1. The van der Waals surface area contributed by atoms with Crippen LogP contribution in [0.5, 0.6) is 0 Å². The van der Waals surface area contributed by atoms with Gasteiger partial charge in [0.1, 0.15) is 10.0 Å². The van der Waals surface area contributed by atoms with Crippen molar-refractivity contribution in [2.24, 2.45) is 0 Å². The van der Waals surface area contributed by atoms with Crippen molar-refractivity contribution in [3.8, 4) is 10.6 Å². The number of fused-ring (bicyclic) bond motifs is 2. The fourth-order valence-electron chi connectivity index (χ4n) is 4.76. The van der Waals surface area contributed by atoms with Crippen LogP contribution >= 0.6 is 22.7 Å². The first-order valence-electron chi connectivity index (χ1n) is 12.2. The standard InChI is InChI=1S/C30H25N3O2S2/c1-19(34)21-11-13-22(14-12-21)28(35)32-30-27(29-31-24-9-5-6-10-25(24)36-29)23-15-16-33(18-26(23)37-30)17-20-7-3-2-4-8-20/h2-14H,15-18H2,1H3,(H,32,35). The smallest absolute Gasteiger partial charge is 0.256 e. The third-order valence-electron chi connectivity index (χ3n) is 6.67. The highest BCUT2D eigenvalue weighted by Crippen LogP contribution is 2.46. The van der Waals surface area contributed by atoms with E-state index in [1.807, 2.05) is 24.3 Å². The SMILES string of the molecule is CC(=O)c1ccc(C(=O)Nc2sc3c(c2-c2nc4ccccc4s2)CCN(Cc2ccccc2)C3)cc1. The molecule has 0 saturated heterocycles. The molecule has 1 aliphatic rings. The number of rotatable bonds is 6. The van der Waals surface area contributed by atoms with Crippen molar-refractivity contribution in [3.63, 3.8) is 0 Å². The van der Waals surface area contributed by atoms with E-state index in [4.69, 9.17) is 4.98 Å². The number of benzene rings is 3. The first-order valence-corrected chi connectivity index (χ1v) is 13.9.